The minimum absolute atomic E-state index is 0.0883. The summed E-state index contributed by atoms with van der Waals surface area (Å²) in [4.78, 5) is 10.9. The Balaban J connectivity index is 3.02. The molecule has 0 bridgehead atoms. The molecule has 3 heteroatoms. The van der Waals surface area contributed by atoms with E-state index >= 15 is 0 Å². The third-order valence-corrected chi connectivity index (χ3v) is 3.63. The molecular formula is C11H12BrClO. The van der Waals surface area contributed by atoms with Crippen molar-refractivity contribution in [3.8, 4) is 0 Å². The number of hydrogen-bond acceptors (Lipinski definition) is 1. The van der Waals surface area contributed by atoms with Crippen LogP contribution in [0.4, 0.5) is 0 Å². The number of aryl methyl sites for hydroxylation is 1. The van der Waals surface area contributed by atoms with Gasteiger partial charge in [0.25, 0.3) is 0 Å². The van der Waals surface area contributed by atoms with Crippen molar-refractivity contribution in [2.24, 2.45) is 0 Å². The Morgan fingerprint density at radius 1 is 1.57 bits per heavy atom. The summed E-state index contributed by atoms with van der Waals surface area (Å²) in [6, 6.07) is 5.75. The summed E-state index contributed by atoms with van der Waals surface area (Å²) < 4.78 is 0. The van der Waals surface area contributed by atoms with Crippen molar-refractivity contribution in [1.82, 2.24) is 0 Å². The van der Waals surface area contributed by atoms with Gasteiger partial charge >= 0.3 is 0 Å². The van der Waals surface area contributed by atoms with Crippen molar-refractivity contribution in [2.45, 2.75) is 25.1 Å². The van der Waals surface area contributed by atoms with Crippen molar-refractivity contribution in [3.63, 3.8) is 0 Å². The van der Waals surface area contributed by atoms with E-state index in [1.165, 1.54) is 0 Å². The highest BCUT2D eigenvalue weighted by Crippen LogP contribution is 2.28. The first-order valence-electron chi connectivity index (χ1n) is 4.49. The van der Waals surface area contributed by atoms with Crippen LogP contribution in [0.3, 0.4) is 0 Å². The average Bonchev–Trinajstić information content (AvgIpc) is 2.16. The maximum atomic E-state index is 11.1. The minimum atomic E-state index is -0.245. The van der Waals surface area contributed by atoms with Crippen molar-refractivity contribution >= 4 is 33.3 Å². The quantitative estimate of drug-likeness (QED) is 0.764. The molecule has 0 spiro atoms. The fraction of sp³-hybridized carbons (Fsp3) is 0.364. The van der Waals surface area contributed by atoms with Crippen molar-refractivity contribution in [3.05, 3.63) is 34.3 Å². The molecule has 0 heterocycles. The Morgan fingerprint density at radius 3 is 2.64 bits per heavy atom. The molecule has 0 aliphatic rings. The summed E-state index contributed by atoms with van der Waals surface area (Å²) in [5.41, 5.74) is 2.03. The molecule has 1 rings (SSSR count). The maximum absolute atomic E-state index is 11.1. The van der Waals surface area contributed by atoms with Crippen LogP contribution in [-0.2, 0) is 11.2 Å². The summed E-state index contributed by atoms with van der Waals surface area (Å²) in [7, 11) is 0. The van der Waals surface area contributed by atoms with E-state index in [-0.39, 0.29) is 10.6 Å². The Bertz CT molecular complexity index is 349. The van der Waals surface area contributed by atoms with E-state index in [1.54, 1.807) is 6.92 Å². The fourth-order valence-electron chi connectivity index (χ4n) is 1.24. The highest BCUT2D eigenvalue weighted by atomic mass is 79.9. The Labute approximate surface area is 97.6 Å². The number of rotatable bonds is 3. The summed E-state index contributed by atoms with van der Waals surface area (Å²) in [6.45, 7) is 3.61. The highest BCUT2D eigenvalue weighted by molar-refractivity contribution is 9.09. The van der Waals surface area contributed by atoms with Crippen LogP contribution < -0.4 is 0 Å². The van der Waals surface area contributed by atoms with Gasteiger partial charge in [0, 0.05) is 5.02 Å². The molecule has 0 aromatic heterocycles. The lowest BCUT2D eigenvalue weighted by molar-refractivity contribution is -0.116. The standard InChI is InChI=1S/C11H12BrClO/c1-3-8-4-5-9(6-10(8)13)11(12)7(2)14/h4-6,11H,3H2,1-2H3. The first-order valence-corrected chi connectivity index (χ1v) is 5.78. The van der Waals surface area contributed by atoms with Crippen LogP contribution >= 0.6 is 27.5 Å². The zero-order chi connectivity index (χ0) is 10.7. The van der Waals surface area contributed by atoms with Gasteiger partial charge in [0.05, 0.1) is 4.83 Å². The number of hydrogen-bond donors (Lipinski definition) is 0. The molecule has 14 heavy (non-hydrogen) atoms. The van der Waals surface area contributed by atoms with Gasteiger partial charge in [-0.2, -0.15) is 0 Å². The van der Waals surface area contributed by atoms with Gasteiger partial charge in [0.1, 0.15) is 5.78 Å². The number of Topliss-reactive ketones (excluding diaryl/α,β-unsaturated/α-hetero) is 1. The molecular weight excluding hydrogens is 263 g/mol. The molecule has 0 fully saturated rings. The van der Waals surface area contributed by atoms with Crippen LogP contribution in [0.2, 0.25) is 5.02 Å². The maximum Gasteiger partial charge on any atom is 0.147 e. The van der Waals surface area contributed by atoms with Gasteiger partial charge in [-0.05, 0) is 30.5 Å². The van der Waals surface area contributed by atoms with E-state index in [2.05, 4.69) is 22.9 Å². The number of alkyl halides is 1. The molecule has 1 aromatic carbocycles. The molecule has 0 radical (unpaired) electrons. The summed E-state index contributed by atoms with van der Waals surface area (Å²) in [5, 5.41) is 0.732. The van der Waals surface area contributed by atoms with E-state index in [9.17, 15) is 4.79 Å². The van der Waals surface area contributed by atoms with Gasteiger partial charge in [-0.25, -0.2) is 0 Å². The molecule has 76 valence electrons. The molecule has 1 aromatic rings. The Kier molecular flexibility index (Phi) is 4.14. The predicted molar refractivity (Wildman–Crippen MR) is 63.2 cm³/mol. The van der Waals surface area contributed by atoms with E-state index in [0.29, 0.717) is 0 Å². The third kappa shape index (κ3) is 2.58. The first-order chi connectivity index (χ1) is 6.56. The molecule has 1 unspecified atom stereocenters. The lowest BCUT2D eigenvalue weighted by Crippen LogP contribution is -2.01. The minimum Gasteiger partial charge on any atom is -0.298 e. The second-order valence-electron chi connectivity index (χ2n) is 3.18. The second kappa shape index (κ2) is 4.94. The molecule has 0 saturated heterocycles. The Morgan fingerprint density at radius 2 is 2.21 bits per heavy atom. The lowest BCUT2D eigenvalue weighted by atomic mass is 10.1. The Hall–Kier alpha value is -0.340. The van der Waals surface area contributed by atoms with Crippen LogP contribution in [-0.4, -0.2) is 5.78 Å². The molecule has 1 atom stereocenters. The normalized spacial score (nSPS) is 12.6. The summed E-state index contributed by atoms with van der Waals surface area (Å²) in [6.07, 6.45) is 0.909. The number of halogens is 2. The van der Waals surface area contributed by atoms with Gasteiger partial charge in [-0.3, -0.25) is 4.79 Å². The van der Waals surface area contributed by atoms with E-state index in [0.717, 1.165) is 22.6 Å². The molecule has 0 saturated carbocycles. The number of carbonyl (C=O) groups is 1. The molecule has 1 nitrogen and oxygen atoms in total. The zero-order valence-corrected chi connectivity index (χ0v) is 10.5. The van der Waals surface area contributed by atoms with E-state index in [1.807, 2.05) is 18.2 Å². The van der Waals surface area contributed by atoms with Crippen LogP contribution in [0.5, 0.6) is 0 Å². The third-order valence-electron chi connectivity index (χ3n) is 2.11. The first kappa shape index (κ1) is 11.7. The van der Waals surface area contributed by atoms with Gasteiger partial charge < -0.3 is 0 Å². The van der Waals surface area contributed by atoms with Crippen LogP contribution in [0.1, 0.15) is 29.8 Å². The van der Waals surface area contributed by atoms with Crippen LogP contribution in [0, 0.1) is 0 Å². The predicted octanol–water partition coefficient (Wildman–Crippen LogP) is 3.93. The van der Waals surface area contributed by atoms with Crippen molar-refractivity contribution < 1.29 is 4.79 Å². The SMILES string of the molecule is CCc1ccc(C(Br)C(C)=O)cc1Cl. The largest absolute Gasteiger partial charge is 0.298 e. The second-order valence-corrected chi connectivity index (χ2v) is 4.50. The number of benzene rings is 1. The summed E-state index contributed by atoms with van der Waals surface area (Å²) in [5.74, 6) is 0.0883. The van der Waals surface area contributed by atoms with Crippen molar-refractivity contribution in [1.29, 1.82) is 0 Å². The van der Waals surface area contributed by atoms with Gasteiger partial charge in [0.15, 0.2) is 0 Å². The van der Waals surface area contributed by atoms with E-state index in [4.69, 9.17) is 11.6 Å². The lowest BCUT2D eigenvalue weighted by Gasteiger charge is -2.08. The van der Waals surface area contributed by atoms with Gasteiger partial charge in [0.2, 0.25) is 0 Å². The molecule has 0 N–H and O–H groups in total. The van der Waals surface area contributed by atoms with Crippen molar-refractivity contribution in [2.75, 3.05) is 0 Å². The molecule has 0 amide bonds. The monoisotopic (exact) mass is 274 g/mol. The highest BCUT2D eigenvalue weighted by Gasteiger charge is 2.13. The molecule has 0 aliphatic heterocycles. The topological polar surface area (TPSA) is 17.1 Å². The number of carbonyl (C=O) groups excluding carboxylic acids is 1. The molecule has 0 aliphatic carbocycles. The smallest absolute Gasteiger partial charge is 0.147 e. The van der Waals surface area contributed by atoms with Crippen LogP contribution in [0.15, 0.2) is 18.2 Å². The summed E-state index contributed by atoms with van der Waals surface area (Å²) >= 11 is 9.37. The van der Waals surface area contributed by atoms with E-state index < -0.39 is 0 Å². The fourth-order valence-corrected chi connectivity index (χ4v) is 1.85. The average molecular weight is 276 g/mol. The van der Waals surface area contributed by atoms with Crippen LogP contribution in [0.25, 0.3) is 0 Å². The zero-order valence-electron chi connectivity index (χ0n) is 8.18. The number of ketones is 1. The van der Waals surface area contributed by atoms with Gasteiger partial charge in [-0.15, -0.1) is 0 Å². The van der Waals surface area contributed by atoms with Gasteiger partial charge in [-0.1, -0.05) is 46.6 Å².